The second-order valence-corrected chi connectivity index (χ2v) is 7.69. The highest BCUT2D eigenvalue weighted by atomic mass is 79.9. The lowest BCUT2D eigenvalue weighted by Crippen LogP contribution is -2.09. The molecule has 0 amide bonds. The molecule has 4 rings (SSSR count). The number of rotatable bonds is 3. The van der Waals surface area contributed by atoms with Gasteiger partial charge in [-0.3, -0.25) is 4.79 Å². The van der Waals surface area contributed by atoms with Crippen LogP contribution in [0.25, 0.3) is 6.08 Å². The van der Waals surface area contributed by atoms with Gasteiger partial charge in [0.25, 0.3) is 0 Å². The number of allylic oxidation sites excluding steroid dienone is 1. The quantitative estimate of drug-likeness (QED) is 0.284. The molecular formula is C24H17BrO4. The van der Waals surface area contributed by atoms with Crippen LogP contribution < -0.4 is 9.47 Å². The number of esters is 1. The summed E-state index contributed by atoms with van der Waals surface area (Å²) in [5, 5.41) is 0. The first kappa shape index (κ1) is 19.2. The molecule has 0 saturated carbocycles. The summed E-state index contributed by atoms with van der Waals surface area (Å²) < 4.78 is 12.2. The maximum absolute atomic E-state index is 12.8. The summed E-state index contributed by atoms with van der Waals surface area (Å²) >= 11 is 3.47. The maximum atomic E-state index is 12.8. The third-order valence-corrected chi connectivity index (χ3v) is 5.32. The fourth-order valence-corrected chi connectivity index (χ4v) is 3.61. The Balaban J connectivity index is 1.63. The van der Waals surface area contributed by atoms with Crippen molar-refractivity contribution >= 4 is 33.8 Å². The third kappa shape index (κ3) is 3.87. The molecule has 5 heteroatoms. The van der Waals surface area contributed by atoms with Crippen molar-refractivity contribution in [1.82, 2.24) is 0 Å². The van der Waals surface area contributed by atoms with Crippen molar-refractivity contribution in [3.05, 3.63) is 98.7 Å². The van der Waals surface area contributed by atoms with Crippen molar-refractivity contribution in [2.75, 3.05) is 0 Å². The predicted molar refractivity (Wildman–Crippen MR) is 114 cm³/mol. The molecule has 3 aromatic carbocycles. The molecule has 0 aliphatic carbocycles. The summed E-state index contributed by atoms with van der Waals surface area (Å²) in [5.74, 6) is 0.311. The highest BCUT2D eigenvalue weighted by Crippen LogP contribution is 2.38. The fourth-order valence-electron chi connectivity index (χ4n) is 3.21. The predicted octanol–water partition coefficient (Wildman–Crippen LogP) is 5.90. The van der Waals surface area contributed by atoms with E-state index in [0.29, 0.717) is 28.2 Å². The van der Waals surface area contributed by atoms with Crippen LogP contribution in [0.5, 0.6) is 11.5 Å². The van der Waals surface area contributed by atoms with Gasteiger partial charge in [-0.25, -0.2) is 4.79 Å². The van der Waals surface area contributed by atoms with Crippen LogP contribution in [0, 0.1) is 13.8 Å². The largest absolute Gasteiger partial charge is 0.452 e. The van der Waals surface area contributed by atoms with Crippen molar-refractivity contribution in [1.29, 1.82) is 0 Å². The zero-order chi connectivity index (χ0) is 20.5. The van der Waals surface area contributed by atoms with E-state index in [-0.39, 0.29) is 11.5 Å². The number of ether oxygens (including phenoxy) is 2. The SMILES string of the molecule is Cc1cccc(C(=O)Oc2cc(C)c3c(c2)O/C(=C\c2ccccc2Br)C3=O)c1. The first-order valence-corrected chi connectivity index (χ1v) is 9.84. The van der Waals surface area contributed by atoms with E-state index >= 15 is 0 Å². The van der Waals surface area contributed by atoms with E-state index in [0.717, 1.165) is 15.6 Å². The first-order valence-electron chi connectivity index (χ1n) is 9.04. The molecule has 0 saturated heterocycles. The molecule has 0 radical (unpaired) electrons. The molecule has 0 fully saturated rings. The molecule has 0 unspecified atom stereocenters. The molecule has 4 nitrogen and oxygen atoms in total. The van der Waals surface area contributed by atoms with Gasteiger partial charge in [0.1, 0.15) is 11.5 Å². The molecule has 0 N–H and O–H groups in total. The number of fused-ring (bicyclic) bond motifs is 1. The minimum Gasteiger partial charge on any atom is -0.452 e. The minimum atomic E-state index is -0.457. The van der Waals surface area contributed by atoms with Gasteiger partial charge in [-0.1, -0.05) is 51.8 Å². The Hall–Kier alpha value is -3.18. The van der Waals surface area contributed by atoms with Gasteiger partial charge in [0.05, 0.1) is 11.1 Å². The van der Waals surface area contributed by atoms with Crippen molar-refractivity contribution in [2.45, 2.75) is 13.8 Å². The molecule has 0 atom stereocenters. The molecule has 1 aliphatic rings. The van der Waals surface area contributed by atoms with Crippen LogP contribution in [-0.4, -0.2) is 11.8 Å². The van der Waals surface area contributed by atoms with Crippen LogP contribution in [0.2, 0.25) is 0 Å². The average molecular weight is 449 g/mol. The second-order valence-electron chi connectivity index (χ2n) is 6.83. The van der Waals surface area contributed by atoms with Crippen LogP contribution in [-0.2, 0) is 0 Å². The molecule has 0 bridgehead atoms. The topological polar surface area (TPSA) is 52.6 Å². The van der Waals surface area contributed by atoms with Crippen molar-refractivity contribution in [3.8, 4) is 11.5 Å². The van der Waals surface area contributed by atoms with Gasteiger partial charge >= 0.3 is 5.97 Å². The monoisotopic (exact) mass is 448 g/mol. The Labute approximate surface area is 176 Å². The number of halogens is 1. The summed E-state index contributed by atoms with van der Waals surface area (Å²) in [6.07, 6.45) is 1.70. The number of hydrogen-bond acceptors (Lipinski definition) is 4. The molecule has 0 aromatic heterocycles. The van der Waals surface area contributed by atoms with Gasteiger partial charge in [0.15, 0.2) is 5.76 Å². The van der Waals surface area contributed by atoms with E-state index < -0.39 is 5.97 Å². The Morgan fingerprint density at radius 3 is 2.59 bits per heavy atom. The lowest BCUT2D eigenvalue weighted by atomic mass is 10.0. The lowest BCUT2D eigenvalue weighted by molar-refractivity contribution is 0.0734. The van der Waals surface area contributed by atoms with E-state index in [1.807, 2.05) is 37.3 Å². The summed E-state index contributed by atoms with van der Waals surface area (Å²) in [5.41, 5.74) is 3.45. The molecule has 0 spiro atoms. The number of carbonyl (C=O) groups is 2. The highest BCUT2D eigenvalue weighted by Gasteiger charge is 2.30. The van der Waals surface area contributed by atoms with E-state index in [2.05, 4.69) is 15.9 Å². The summed E-state index contributed by atoms with van der Waals surface area (Å²) in [6.45, 7) is 3.71. The molecule has 3 aromatic rings. The minimum absolute atomic E-state index is 0.190. The lowest BCUT2D eigenvalue weighted by Gasteiger charge is -2.08. The number of ketones is 1. The number of Topliss-reactive ketones (excluding diaryl/α,β-unsaturated/α-hetero) is 1. The third-order valence-electron chi connectivity index (χ3n) is 4.60. The Morgan fingerprint density at radius 1 is 1.03 bits per heavy atom. The van der Waals surface area contributed by atoms with Crippen LogP contribution in [0.3, 0.4) is 0 Å². The Kier molecular flexibility index (Phi) is 5.07. The van der Waals surface area contributed by atoms with Crippen molar-refractivity contribution < 1.29 is 19.1 Å². The fraction of sp³-hybridized carbons (Fsp3) is 0.0833. The Bertz CT molecular complexity index is 1180. The number of carbonyl (C=O) groups excluding carboxylic acids is 2. The van der Waals surface area contributed by atoms with Crippen LogP contribution >= 0.6 is 15.9 Å². The van der Waals surface area contributed by atoms with E-state index in [1.54, 1.807) is 43.3 Å². The summed E-state index contributed by atoms with van der Waals surface area (Å²) in [6, 6.07) is 18.0. The number of hydrogen-bond donors (Lipinski definition) is 0. The van der Waals surface area contributed by atoms with Gasteiger partial charge in [-0.15, -0.1) is 0 Å². The highest BCUT2D eigenvalue weighted by molar-refractivity contribution is 9.10. The first-order chi connectivity index (χ1) is 13.9. The van der Waals surface area contributed by atoms with Gasteiger partial charge in [0, 0.05) is 10.5 Å². The smallest absolute Gasteiger partial charge is 0.343 e. The summed E-state index contributed by atoms with van der Waals surface area (Å²) in [4.78, 5) is 25.2. The number of aryl methyl sites for hydroxylation is 2. The molecule has 144 valence electrons. The zero-order valence-electron chi connectivity index (χ0n) is 15.9. The molecule has 1 heterocycles. The summed E-state index contributed by atoms with van der Waals surface area (Å²) in [7, 11) is 0. The maximum Gasteiger partial charge on any atom is 0.343 e. The Morgan fingerprint density at radius 2 is 1.83 bits per heavy atom. The number of benzene rings is 3. The van der Waals surface area contributed by atoms with Gasteiger partial charge < -0.3 is 9.47 Å². The second kappa shape index (κ2) is 7.68. The van der Waals surface area contributed by atoms with Crippen LogP contribution in [0.1, 0.15) is 37.4 Å². The molecule has 1 aliphatic heterocycles. The van der Waals surface area contributed by atoms with E-state index in [9.17, 15) is 9.59 Å². The average Bonchev–Trinajstić information content (AvgIpc) is 2.99. The van der Waals surface area contributed by atoms with Gasteiger partial charge in [-0.2, -0.15) is 0 Å². The van der Waals surface area contributed by atoms with Gasteiger partial charge in [0.2, 0.25) is 5.78 Å². The standard InChI is InChI=1S/C24H17BrO4/c1-14-6-5-8-17(10-14)24(27)28-18-11-15(2)22-20(13-18)29-21(23(22)26)12-16-7-3-4-9-19(16)25/h3-13H,1-2H3/b21-12-. The van der Waals surface area contributed by atoms with E-state index in [4.69, 9.17) is 9.47 Å². The zero-order valence-corrected chi connectivity index (χ0v) is 17.4. The molecular weight excluding hydrogens is 432 g/mol. The van der Waals surface area contributed by atoms with Gasteiger partial charge in [-0.05, 0) is 55.3 Å². The van der Waals surface area contributed by atoms with Crippen LogP contribution in [0.4, 0.5) is 0 Å². The van der Waals surface area contributed by atoms with Crippen LogP contribution in [0.15, 0.2) is 70.9 Å². The van der Waals surface area contributed by atoms with E-state index in [1.165, 1.54) is 0 Å². The van der Waals surface area contributed by atoms with Crippen molar-refractivity contribution in [2.24, 2.45) is 0 Å². The molecule has 29 heavy (non-hydrogen) atoms. The van der Waals surface area contributed by atoms with Crippen molar-refractivity contribution in [3.63, 3.8) is 0 Å². The normalized spacial score (nSPS) is 13.9.